The van der Waals surface area contributed by atoms with Crippen molar-refractivity contribution in [1.29, 1.82) is 0 Å². The summed E-state index contributed by atoms with van der Waals surface area (Å²) in [6, 6.07) is 9.75. The maximum atomic E-state index is 13.7. The summed E-state index contributed by atoms with van der Waals surface area (Å²) in [7, 11) is -0.454. The number of hydrogen-bond acceptors (Lipinski definition) is 4. The first-order valence-electron chi connectivity index (χ1n) is 7.60. The highest BCUT2D eigenvalue weighted by Gasteiger charge is 2.23. The van der Waals surface area contributed by atoms with E-state index in [0.29, 0.717) is 17.9 Å². The minimum Gasteiger partial charge on any atom is -0.492 e. The Labute approximate surface area is 146 Å². The van der Waals surface area contributed by atoms with Crippen LogP contribution in [0.1, 0.15) is 5.56 Å². The van der Waals surface area contributed by atoms with Gasteiger partial charge in [-0.05, 0) is 43.9 Å². The molecule has 0 fully saturated rings. The SMILES string of the molecule is CN(C)CCOc1cccc(CNS(=O)(=O)c2c(F)cccc2F)c1. The van der Waals surface area contributed by atoms with Crippen molar-refractivity contribution in [3.8, 4) is 5.75 Å². The zero-order chi connectivity index (χ0) is 18.4. The first kappa shape index (κ1) is 19.3. The third-order valence-corrected chi connectivity index (χ3v) is 4.81. The molecular weight excluding hydrogens is 350 g/mol. The number of nitrogens with one attached hydrogen (secondary N) is 1. The summed E-state index contributed by atoms with van der Waals surface area (Å²) in [5, 5.41) is 0. The van der Waals surface area contributed by atoms with Crippen LogP contribution in [0.15, 0.2) is 47.4 Å². The van der Waals surface area contributed by atoms with Crippen molar-refractivity contribution in [2.45, 2.75) is 11.4 Å². The minimum absolute atomic E-state index is 0.110. The van der Waals surface area contributed by atoms with Gasteiger partial charge in [-0.1, -0.05) is 18.2 Å². The molecule has 5 nitrogen and oxygen atoms in total. The van der Waals surface area contributed by atoms with Gasteiger partial charge in [-0.15, -0.1) is 0 Å². The summed E-state index contributed by atoms with van der Waals surface area (Å²) in [5.74, 6) is -1.67. The highest BCUT2D eigenvalue weighted by Crippen LogP contribution is 2.19. The normalized spacial score (nSPS) is 11.7. The van der Waals surface area contributed by atoms with E-state index in [4.69, 9.17) is 4.74 Å². The number of halogens is 2. The second kappa shape index (κ2) is 8.37. The number of hydrogen-bond donors (Lipinski definition) is 1. The molecule has 2 rings (SSSR count). The summed E-state index contributed by atoms with van der Waals surface area (Å²) < 4.78 is 59.4. The summed E-state index contributed by atoms with van der Waals surface area (Å²) in [5.41, 5.74) is 0.614. The molecule has 0 saturated heterocycles. The molecule has 1 N–H and O–H groups in total. The number of rotatable bonds is 8. The second-order valence-electron chi connectivity index (χ2n) is 5.67. The Hall–Kier alpha value is -2.03. The number of benzene rings is 2. The average molecular weight is 370 g/mol. The summed E-state index contributed by atoms with van der Waals surface area (Å²) >= 11 is 0. The lowest BCUT2D eigenvalue weighted by Crippen LogP contribution is -2.25. The molecule has 8 heteroatoms. The Kier molecular flexibility index (Phi) is 6.46. The molecule has 0 bridgehead atoms. The van der Waals surface area contributed by atoms with Gasteiger partial charge in [-0.2, -0.15) is 0 Å². The van der Waals surface area contributed by atoms with Crippen molar-refractivity contribution in [1.82, 2.24) is 9.62 Å². The van der Waals surface area contributed by atoms with Crippen molar-refractivity contribution in [2.24, 2.45) is 0 Å². The fourth-order valence-corrected chi connectivity index (χ4v) is 3.23. The van der Waals surface area contributed by atoms with E-state index in [2.05, 4.69) is 4.72 Å². The van der Waals surface area contributed by atoms with Gasteiger partial charge in [-0.3, -0.25) is 0 Å². The van der Waals surface area contributed by atoms with E-state index >= 15 is 0 Å². The fourth-order valence-electron chi connectivity index (χ4n) is 2.08. The van der Waals surface area contributed by atoms with Gasteiger partial charge in [0, 0.05) is 13.1 Å². The molecule has 0 saturated carbocycles. The van der Waals surface area contributed by atoms with Crippen LogP contribution in [0.4, 0.5) is 8.78 Å². The van der Waals surface area contributed by atoms with Crippen molar-refractivity contribution in [2.75, 3.05) is 27.2 Å². The van der Waals surface area contributed by atoms with Crippen molar-refractivity contribution >= 4 is 10.0 Å². The quantitative estimate of drug-likeness (QED) is 0.775. The highest BCUT2D eigenvalue weighted by atomic mass is 32.2. The topological polar surface area (TPSA) is 58.6 Å². The summed E-state index contributed by atoms with van der Waals surface area (Å²) in [4.78, 5) is 0.995. The molecule has 0 radical (unpaired) electrons. The maximum Gasteiger partial charge on any atom is 0.246 e. The molecule has 0 aliphatic heterocycles. The van der Waals surface area contributed by atoms with Gasteiger partial charge in [0.25, 0.3) is 0 Å². The van der Waals surface area contributed by atoms with Crippen molar-refractivity contribution < 1.29 is 21.9 Å². The van der Waals surface area contributed by atoms with Crippen LogP contribution in [0.2, 0.25) is 0 Å². The number of likely N-dealkylation sites (N-methyl/N-ethyl adjacent to an activating group) is 1. The first-order valence-corrected chi connectivity index (χ1v) is 9.08. The van der Waals surface area contributed by atoms with E-state index in [9.17, 15) is 17.2 Å². The largest absolute Gasteiger partial charge is 0.492 e. The molecule has 0 aromatic heterocycles. The van der Waals surface area contributed by atoms with Crippen molar-refractivity contribution in [3.05, 3.63) is 59.7 Å². The van der Waals surface area contributed by atoms with Crippen LogP contribution in [-0.2, 0) is 16.6 Å². The predicted octanol–water partition coefficient (Wildman–Crippen LogP) is 2.38. The second-order valence-corrected chi connectivity index (χ2v) is 7.38. The van der Waals surface area contributed by atoms with E-state index in [-0.39, 0.29) is 6.54 Å². The highest BCUT2D eigenvalue weighted by molar-refractivity contribution is 7.89. The molecule has 2 aromatic carbocycles. The Morgan fingerprint density at radius 1 is 1.08 bits per heavy atom. The molecule has 0 aliphatic carbocycles. The van der Waals surface area contributed by atoms with Gasteiger partial charge in [0.15, 0.2) is 4.90 Å². The zero-order valence-electron chi connectivity index (χ0n) is 14.0. The monoisotopic (exact) mass is 370 g/mol. The molecule has 0 unspecified atom stereocenters. The van der Waals surface area contributed by atoms with Gasteiger partial charge in [0.1, 0.15) is 24.0 Å². The average Bonchev–Trinajstić information content (AvgIpc) is 2.53. The third kappa shape index (κ3) is 5.48. The molecule has 136 valence electrons. The van der Waals surface area contributed by atoms with Crippen LogP contribution in [0, 0.1) is 11.6 Å². The lowest BCUT2D eigenvalue weighted by atomic mass is 10.2. The number of sulfonamides is 1. The van der Waals surface area contributed by atoms with Gasteiger partial charge in [0.2, 0.25) is 10.0 Å². The smallest absolute Gasteiger partial charge is 0.246 e. The van der Waals surface area contributed by atoms with Crippen LogP contribution in [0.3, 0.4) is 0 Å². The van der Waals surface area contributed by atoms with E-state index in [0.717, 1.165) is 24.7 Å². The summed E-state index contributed by atoms with van der Waals surface area (Å²) in [6.07, 6.45) is 0. The number of nitrogens with zero attached hydrogens (tertiary/aromatic N) is 1. The maximum absolute atomic E-state index is 13.7. The molecule has 25 heavy (non-hydrogen) atoms. The molecule has 0 heterocycles. The predicted molar refractivity (Wildman–Crippen MR) is 90.9 cm³/mol. The van der Waals surface area contributed by atoms with Crippen LogP contribution in [0.25, 0.3) is 0 Å². The van der Waals surface area contributed by atoms with E-state index in [1.165, 1.54) is 0 Å². The Balaban J connectivity index is 2.05. The molecule has 0 aliphatic rings. The van der Waals surface area contributed by atoms with E-state index in [1.54, 1.807) is 24.3 Å². The molecule has 0 atom stereocenters. The zero-order valence-corrected chi connectivity index (χ0v) is 14.8. The Bertz CT molecular complexity index is 806. The van der Waals surface area contributed by atoms with Crippen LogP contribution < -0.4 is 9.46 Å². The van der Waals surface area contributed by atoms with E-state index in [1.807, 2.05) is 19.0 Å². The van der Waals surface area contributed by atoms with Gasteiger partial charge in [-0.25, -0.2) is 21.9 Å². The van der Waals surface area contributed by atoms with Gasteiger partial charge >= 0.3 is 0 Å². The van der Waals surface area contributed by atoms with Gasteiger partial charge in [0.05, 0.1) is 0 Å². The van der Waals surface area contributed by atoms with Crippen molar-refractivity contribution in [3.63, 3.8) is 0 Å². The third-order valence-electron chi connectivity index (χ3n) is 3.36. The standard InChI is InChI=1S/C17H20F2N2O3S/c1-21(2)9-10-24-14-6-3-5-13(11-14)12-20-25(22,23)17-15(18)7-4-8-16(17)19/h3-8,11,20H,9-10,12H2,1-2H3. The summed E-state index contributed by atoms with van der Waals surface area (Å²) in [6.45, 7) is 1.12. The number of ether oxygens (including phenoxy) is 1. The Morgan fingerprint density at radius 3 is 2.36 bits per heavy atom. The molecule has 0 amide bonds. The lowest BCUT2D eigenvalue weighted by molar-refractivity contribution is 0.261. The van der Waals surface area contributed by atoms with E-state index < -0.39 is 26.6 Å². The lowest BCUT2D eigenvalue weighted by Gasteiger charge is -2.12. The van der Waals surface area contributed by atoms with Crippen LogP contribution in [0.5, 0.6) is 5.75 Å². The molecule has 2 aromatic rings. The van der Waals surface area contributed by atoms with Gasteiger partial charge < -0.3 is 9.64 Å². The Morgan fingerprint density at radius 2 is 1.72 bits per heavy atom. The first-order chi connectivity index (χ1) is 11.8. The minimum atomic E-state index is -4.31. The van der Waals surface area contributed by atoms with Crippen LogP contribution in [-0.4, -0.2) is 40.6 Å². The molecular formula is C17H20F2N2O3S. The van der Waals surface area contributed by atoms with Crippen LogP contribution >= 0.6 is 0 Å². The molecule has 0 spiro atoms. The fraction of sp³-hybridized carbons (Fsp3) is 0.294.